The highest BCUT2D eigenvalue weighted by Crippen LogP contribution is 2.64. The van der Waals surface area contributed by atoms with Crippen LogP contribution in [-0.4, -0.2) is 43.8 Å². The number of nitrogens with zero attached hydrogens (tertiary/aromatic N) is 3. The fourth-order valence-electron chi connectivity index (χ4n) is 6.64. The first kappa shape index (κ1) is 21.8. The normalized spacial score (nSPS) is 33.1. The van der Waals surface area contributed by atoms with E-state index in [9.17, 15) is 19.5 Å². The minimum Gasteiger partial charge on any atom is -0.363 e. The number of ether oxygens (including phenoxy) is 1. The lowest BCUT2D eigenvalue weighted by Gasteiger charge is -2.46. The molecule has 9 heteroatoms. The van der Waals surface area contributed by atoms with E-state index in [1.54, 1.807) is 43.0 Å². The number of hydrogen-bond acceptors (Lipinski definition) is 7. The molecule has 1 amide bonds. The molecule has 9 nitrogen and oxygen atoms in total. The minimum atomic E-state index is -2.02. The van der Waals surface area contributed by atoms with E-state index in [1.165, 1.54) is 4.57 Å². The maximum Gasteiger partial charge on any atom is 0.262 e. The van der Waals surface area contributed by atoms with Crippen LogP contribution >= 0.6 is 0 Å². The maximum atomic E-state index is 13.8. The largest absolute Gasteiger partial charge is 0.363 e. The third-order valence-corrected chi connectivity index (χ3v) is 8.64. The number of anilines is 1. The third-order valence-electron chi connectivity index (χ3n) is 8.64. The molecular weight excluding hydrogens is 460 g/mol. The molecule has 36 heavy (non-hydrogen) atoms. The molecule has 2 aromatic carbocycles. The number of aliphatic hydroxyl groups is 1. The standard InChI is InChI=1S/C27H26N4O5/c1-24(2)19(32)20-28-16-11-7-5-9-14(16)21(33)31(20)18-13-26(36-27(18,24)35)15-10-6-8-12-17(15)30-22(26)29-25(3,4)23(30)34/h5-12,18,22,29,35H,13H2,1-4H3/t18-,22-,26+,27+/m1/s1. The van der Waals surface area contributed by atoms with Crippen molar-refractivity contribution in [3.8, 4) is 0 Å². The zero-order chi connectivity index (χ0) is 25.4. The van der Waals surface area contributed by atoms with Gasteiger partial charge >= 0.3 is 0 Å². The summed E-state index contributed by atoms with van der Waals surface area (Å²) in [6, 6.07) is 13.4. The lowest BCUT2D eigenvalue weighted by atomic mass is 9.72. The monoisotopic (exact) mass is 486 g/mol. The van der Waals surface area contributed by atoms with Crippen molar-refractivity contribution in [1.82, 2.24) is 14.9 Å². The van der Waals surface area contributed by atoms with Crippen LogP contribution in [0, 0.1) is 5.41 Å². The Balaban J connectivity index is 1.51. The minimum absolute atomic E-state index is 0.0120. The first-order chi connectivity index (χ1) is 16.9. The summed E-state index contributed by atoms with van der Waals surface area (Å²) in [5.41, 5.74) is -2.00. The van der Waals surface area contributed by atoms with E-state index >= 15 is 0 Å². The van der Waals surface area contributed by atoms with Gasteiger partial charge in [-0.3, -0.25) is 29.2 Å². The second kappa shape index (κ2) is 6.29. The number of carbonyl (C=O) groups excluding carboxylic acids is 2. The second-order valence-electron chi connectivity index (χ2n) is 11.4. The third kappa shape index (κ3) is 2.23. The van der Waals surface area contributed by atoms with Gasteiger partial charge in [-0.2, -0.15) is 0 Å². The number of nitrogens with one attached hydrogen (secondary N) is 1. The highest BCUT2D eigenvalue weighted by molar-refractivity contribution is 6.05. The van der Waals surface area contributed by atoms with E-state index in [-0.39, 0.29) is 18.2 Å². The van der Waals surface area contributed by atoms with E-state index in [1.807, 2.05) is 38.1 Å². The van der Waals surface area contributed by atoms with Gasteiger partial charge in [0.25, 0.3) is 5.56 Å². The summed E-state index contributed by atoms with van der Waals surface area (Å²) in [4.78, 5) is 47.2. The molecule has 2 N–H and O–H groups in total. The van der Waals surface area contributed by atoms with Crippen LogP contribution in [0.25, 0.3) is 10.9 Å². The van der Waals surface area contributed by atoms with E-state index in [0.717, 1.165) is 5.56 Å². The van der Waals surface area contributed by atoms with Gasteiger partial charge in [0.2, 0.25) is 17.5 Å². The van der Waals surface area contributed by atoms with Crippen LogP contribution < -0.4 is 15.8 Å². The molecule has 1 spiro atoms. The molecular formula is C27H26N4O5. The highest BCUT2D eigenvalue weighted by Gasteiger charge is 2.74. The lowest BCUT2D eigenvalue weighted by molar-refractivity contribution is -0.285. The predicted molar refractivity (Wildman–Crippen MR) is 130 cm³/mol. The molecule has 0 bridgehead atoms. The Labute approximate surface area is 206 Å². The van der Waals surface area contributed by atoms with Crippen molar-refractivity contribution >= 4 is 28.3 Å². The van der Waals surface area contributed by atoms with Gasteiger partial charge in [-0.05, 0) is 45.9 Å². The number of amides is 1. The lowest BCUT2D eigenvalue weighted by Crippen LogP contribution is -2.61. The van der Waals surface area contributed by atoms with Gasteiger partial charge in [0, 0.05) is 12.0 Å². The van der Waals surface area contributed by atoms with E-state index < -0.39 is 45.9 Å². The molecule has 5 heterocycles. The Morgan fingerprint density at radius 1 is 1.03 bits per heavy atom. The van der Waals surface area contributed by atoms with E-state index in [4.69, 9.17) is 4.74 Å². The Bertz CT molecular complexity index is 1590. The van der Waals surface area contributed by atoms with Crippen LogP contribution in [0.5, 0.6) is 0 Å². The number of para-hydroxylation sites is 2. The average molecular weight is 487 g/mol. The molecule has 1 aromatic heterocycles. The van der Waals surface area contributed by atoms with E-state index in [2.05, 4.69) is 10.3 Å². The van der Waals surface area contributed by atoms with Crippen molar-refractivity contribution in [2.24, 2.45) is 5.41 Å². The summed E-state index contributed by atoms with van der Waals surface area (Å²) < 4.78 is 8.00. The van der Waals surface area contributed by atoms with Crippen molar-refractivity contribution in [1.29, 1.82) is 0 Å². The molecule has 0 saturated carbocycles. The predicted octanol–water partition coefficient (Wildman–Crippen LogP) is 2.22. The molecule has 4 atom stereocenters. The molecule has 0 aliphatic carbocycles. The topological polar surface area (TPSA) is 114 Å². The van der Waals surface area contributed by atoms with Gasteiger partial charge in [-0.25, -0.2) is 4.98 Å². The number of carbonyl (C=O) groups is 2. The van der Waals surface area contributed by atoms with Crippen LogP contribution in [0.15, 0.2) is 53.3 Å². The van der Waals surface area contributed by atoms with Crippen molar-refractivity contribution in [2.45, 2.75) is 63.3 Å². The molecule has 0 radical (unpaired) electrons. The first-order valence-electron chi connectivity index (χ1n) is 12.1. The molecule has 7 rings (SSSR count). The zero-order valence-corrected chi connectivity index (χ0v) is 20.4. The maximum absolute atomic E-state index is 13.8. The Hall–Kier alpha value is -3.40. The van der Waals surface area contributed by atoms with Gasteiger partial charge < -0.3 is 9.84 Å². The SMILES string of the molecule is CC1(C)N[C@@H]2N(C1=O)c1ccccc1[C@@]21C[C@H]2n3c(nc4ccccc4c3=O)C(=O)C(C)(C)[C@@]2(O)O1. The van der Waals surface area contributed by atoms with Crippen LogP contribution in [0.2, 0.25) is 0 Å². The fourth-order valence-corrected chi connectivity index (χ4v) is 6.64. The summed E-state index contributed by atoms with van der Waals surface area (Å²) in [5.74, 6) is -2.59. The van der Waals surface area contributed by atoms with Gasteiger partial charge in [-0.15, -0.1) is 0 Å². The van der Waals surface area contributed by atoms with E-state index in [0.29, 0.717) is 16.6 Å². The van der Waals surface area contributed by atoms with Gasteiger partial charge in [0.15, 0.2) is 5.82 Å². The van der Waals surface area contributed by atoms with Gasteiger partial charge in [0.1, 0.15) is 11.8 Å². The number of rotatable bonds is 0. The molecule has 2 fully saturated rings. The van der Waals surface area contributed by atoms with Crippen molar-refractivity contribution in [3.05, 3.63) is 70.3 Å². The second-order valence-corrected chi connectivity index (χ2v) is 11.4. The van der Waals surface area contributed by atoms with Crippen LogP contribution in [0.1, 0.15) is 56.3 Å². The molecule has 3 aromatic rings. The molecule has 4 aliphatic heterocycles. The zero-order valence-electron chi connectivity index (χ0n) is 20.4. The summed E-state index contributed by atoms with van der Waals surface area (Å²) >= 11 is 0. The number of Topliss-reactive ketones (excluding diaryl/α,β-unsaturated/α-hetero) is 1. The highest BCUT2D eigenvalue weighted by atomic mass is 16.7. The quantitative estimate of drug-likeness (QED) is 0.501. The van der Waals surface area contributed by atoms with Crippen LogP contribution in [0.4, 0.5) is 5.69 Å². The summed E-state index contributed by atoms with van der Waals surface area (Å²) in [6.07, 6.45) is -0.452. The van der Waals surface area contributed by atoms with Crippen molar-refractivity contribution < 1.29 is 19.4 Å². The smallest absolute Gasteiger partial charge is 0.262 e. The summed E-state index contributed by atoms with van der Waals surface area (Å²) in [6.45, 7) is 6.87. The first-order valence-corrected chi connectivity index (χ1v) is 12.1. The molecule has 2 saturated heterocycles. The number of aromatic nitrogens is 2. The number of fused-ring (bicyclic) bond motifs is 9. The van der Waals surface area contributed by atoms with Gasteiger partial charge in [-0.1, -0.05) is 30.3 Å². The van der Waals surface area contributed by atoms with Crippen LogP contribution in [-0.2, 0) is 15.1 Å². The Morgan fingerprint density at radius 2 is 1.72 bits per heavy atom. The van der Waals surface area contributed by atoms with Gasteiger partial charge in [0.05, 0.1) is 33.6 Å². The molecule has 184 valence electrons. The Kier molecular flexibility index (Phi) is 3.82. The average Bonchev–Trinajstić information content (AvgIpc) is 3.39. The number of benzene rings is 2. The Morgan fingerprint density at radius 3 is 2.50 bits per heavy atom. The van der Waals surface area contributed by atoms with Crippen LogP contribution in [0.3, 0.4) is 0 Å². The molecule has 0 unspecified atom stereocenters. The molecule has 4 aliphatic rings. The summed E-state index contributed by atoms with van der Waals surface area (Å²) in [7, 11) is 0. The van der Waals surface area contributed by atoms with Crippen molar-refractivity contribution in [3.63, 3.8) is 0 Å². The summed E-state index contributed by atoms with van der Waals surface area (Å²) in [5, 5.41) is 16.0. The fraction of sp³-hybridized carbons (Fsp3) is 0.407. The number of ketones is 1. The van der Waals surface area contributed by atoms with Crippen molar-refractivity contribution in [2.75, 3.05) is 4.90 Å². The number of hydrogen-bond donors (Lipinski definition) is 2.